The number of nitrogens with zero attached hydrogens (tertiary/aromatic N) is 1. The number of ether oxygens (including phenoxy) is 1. The van der Waals surface area contributed by atoms with Crippen molar-refractivity contribution in [1.29, 1.82) is 0 Å². The van der Waals surface area contributed by atoms with Gasteiger partial charge in [0.15, 0.2) is 5.78 Å². The van der Waals surface area contributed by atoms with Gasteiger partial charge < -0.3 is 9.84 Å². The number of Topliss-reactive ketones (excluding diaryl/α,β-unsaturated/α-hetero) is 1. The van der Waals surface area contributed by atoms with Crippen molar-refractivity contribution in [3.05, 3.63) is 34.9 Å². The zero-order chi connectivity index (χ0) is 18.3. The Labute approximate surface area is 134 Å². The smallest absolute Gasteiger partial charge is 0.455 e. The highest BCUT2D eigenvalue weighted by Crippen LogP contribution is 2.45. The van der Waals surface area contributed by atoms with Crippen molar-refractivity contribution in [3.63, 3.8) is 0 Å². The standard InChI is InChI=1S/C14H15F5N2O3/c1-3-8(23)10-11-7(6-22)4-5-9(24-2)21(11)20-12(10)13(15,16)14(17,18)19/h4-5,12,20,22H,3,6H2,1-2H3. The number of carbonyl (C=O) groups excluding carboxylic acids is 1. The van der Waals surface area contributed by atoms with Crippen LogP contribution in [0.15, 0.2) is 34.9 Å². The van der Waals surface area contributed by atoms with Gasteiger partial charge in [0.2, 0.25) is 5.88 Å². The molecule has 0 aromatic heterocycles. The topological polar surface area (TPSA) is 61.8 Å². The van der Waals surface area contributed by atoms with E-state index in [9.17, 15) is 31.9 Å². The molecule has 134 valence electrons. The molecular formula is C14H15F5N2O3. The van der Waals surface area contributed by atoms with Crippen molar-refractivity contribution in [2.75, 3.05) is 13.7 Å². The summed E-state index contributed by atoms with van der Waals surface area (Å²) in [5.41, 5.74) is 1.05. The fourth-order valence-corrected chi connectivity index (χ4v) is 2.53. The second-order valence-electron chi connectivity index (χ2n) is 5.12. The molecule has 5 nitrogen and oxygen atoms in total. The number of carbonyl (C=O) groups is 1. The number of halogens is 5. The lowest BCUT2D eigenvalue weighted by Gasteiger charge is -2.30. The summed E-state index contributed by atoms with van der Waals surface area (Å²) in [4.78, 5) is 12.1. The molecule has 10 heteroatoms. The molecule has 0 aromatic carbocycles. The monoisotopic (exact) mass is 354 g/mol. The van der Waals surface area contributed by atoms with Crippen molar-refractivity contribution >= 4 is 5.78 Å². The van der Waals surface area contributed by atoms with Gasteiger partial charge in [-0.1, -0.05) is 6.92 Å². The van der Waals surface area contributed by atoms with Crippen LogP contribution in [0.25, 0.3) is 0 Å². The van der Waals surface area contributed by atoms with Gasteiger partial charge in [0.1, 0.15) is 6.04 Å². The number of rotatable bonds is 5. The summed E-state index contributed by atoms with van der Waals surface area (Å²) in [5.74, 6) is -6.16. The Hall–Kier alpha value is -1.94. The van der Waals surface area contributed by atoms with Crippen molar-refractivity contribution < 1.29 is 36.6 Å². The van der Waals surface area contributed by atoms with Crippen LogP contribution in [0.2, 0.25) is 0 Å². The molecule has 0 aliphatic carbocycles. The molecule has 0 spiro atoms. The molecule has 0 fully saturated rings. The molecule has 0 bridgehead atoms. The number of aliphatic hydroxyl groups excluding tert-OH is 1. The average molecular weight is 354 g/mol. The molecule has 24 heavy (non-hydrogen) atoms. The van der Waals surface area contributed by atoms with Crippen LogP contribution >= 0.6 is 0 Å². The van der Waals surface area contributed by atoms with Crippen LogP contribution in [0.5, 0.6) is 0 Å². The minimum atomic E-state index is -5.86. The Morgan fingerprint density at radius 2 is 1.96 bits per heavy atom. The van der Waals surface area contributed by atoms with Crippen LogP contribution in [0.4, 0.5) is 22.0 Å². The third kappa shape index (κ3) is 2.69. The quantitative estimate of drug-likeness (QED) is 0.740. The number of alkyl halides is 5. The normalized spacial score (nSPS) is 21.5. The Morgan fingerprint density at radius 1 is 1.33 bits per heavy atom. The number of nitrogens with one attached hydrogen (secondary N) is 1. The SMILES string of the molecule is CCC(=O)C1=C2C(CO)=CC=C(OC)N2NC1C(F)(F)C(F)(F)F. The van der Waals surface area contributed by atoms with E-state index in [1.54, 1.807) is 0 Å². The molecule has 0 amide bonds. The fraction of sp³-hybridized carbons (Fsp3) is 0.500. The molecule has 2 heterocycles. The lowest BCUT2D eigenvalue weighted by atomic mass is 9.92. The van der Waals surface area contributed by atoms with Gasteiger partial charge in [-0.3, -0.25) is 4.79 Å². The van der Waals surface area contributed by atoms with Crippen molar-refractivity contribution in [2.45, 2.75) is 31.5 Å². The molecule has 2 aliphatic rings. The molecule has 0 saturated carbocycles. The summed E-state index contributed by atoms with van der Waals surface area (Å²) in [6, 6.07) is -2.62. The van der Waals surface area contributed by atoms with Crippen LogP contribution in [0, 0.1) is 0 Å². The van der Waals surface area contributed by atoms with E-state index < -0.39 is 36.1 Å². The maximum Gasteiger partial charge on any atom is 0.455 e. The van der Waals surface area contributed by atoms with Crippen molar-refractivity contribution in [3.8, 4) is 0 Å². The second kappa shape index (κ2) is 6.17. The van der Waals surface area contributed by atoms with Crippen LogP contribution in [-0.4, -0.2) is 47.8 Å². The molecule has 1 unspecified atom stereocenters. The Bertz CT molecular complexity index is 637. The highest BCUT2D eigenvalue weighted by Gasteiger charge is 2.66. The number of aliphatic hydroxyl groups is 1. The van der Waals surface area contributed by atoms with Crippen molar-refractivity contribution in [2.24, 2.45) is 0 Å². The molecule has 2 N–H and O–H groups in total. The van der Waals surface area contributed by atoms with Gasteiger partial charge in [-0.15, -0.1) is 0 Å². The third-order valence-corrected chi connectivity index (χ3v) is 3.72. The molecule has 2 rings (SSSR count). The number of allylic oxidation sites excluding steroid dienone is 2. The minimum Gasteiger partial charge on any atom is -0.481 e. The average Bonchev–Trinajstić information content (AvgIpc) is 2.93. The predicted octanol–water partition coefficient (Wildman–Crippen LogP) is 2.03. The van der Waals surface area contributed by atoms with Crippen molar-refractivity contribution in [1.82, 2.24) is 10.4 Å². The third-order valence-electron chi connectivity index (χ3n) is 3.72. The van der Waals surface area contributed by atoms with Crippen LogP contribution in [0.3, 0.4) is 0 Å². The summed E-state index contributed by atoms with van der Waals surface area (Å²) in [6.45, 7) is 0.700. The van der Waals surface area contributed by atoms with E-state index in [1.165, 1.54) is 26.2 Å². The molecule has 0 saturated heterocycles. The highest BCUT2D eigenvalue weighted by molar-refractivity contribution is 5.98. The first kappa shape index (κ1) is 18.4. The van der Waals surface area contributed by atoms with Gasteiger partial charge in [-0.05, 0) is 6.08 Å². The summed E-state index contributed by atoms with van der Waals surface area (Å²) < 4.78 is 71.2. The van der Waals surface area contributed by atoms with Crippen LogP contribution in [0.1, 0.15) is 13.3 Å². The highest BCUT2D eigenvalue weighted by atomic mass is 19.4. The van der Waals surface area contributed by atoms with E-state index in [2.05, 4.69) is 0 Å². The van der Waals surface area contributed by atoms with Crippen LogP contribution in [-0.2, 0) is 9.53 Å². The molecule has 2 aliphatic heterocycles. The zero-order valence-electron chi connectivity index (χ0n) is 12.7. The molecular weight excluding hydrogens is 339 g/mol. The van der Waals surface area contributed by atoms with E-state index in [-0.39, 0.29) is 23.6 Å². The minimum absolute atomic E-state index is 0.0283. The Balaban J connectivity index is 2.66. The Morgan fingerprint density at radius 3 is 2.42 bits per heavy atom. The maximum absolute atomic E-state index is 13.9. The summed E-state index contributed by atoms with van der Waals surface area (Å²) in [7, 11) is 1.19. The molecule has 1 atom stereocenters. The lowest BCUT2D eigenvalue weighted by molar-refractivity contribution is -0.290. The first-order valence-corrected chi connectivity index (χ1v) is 6.94. The largest absolute Gasteiger partial charge is 0.481 e. The zero-order valence-corrected chi connectivity index (χ0v) is 12.7. The number of hydrogen-bond acceptors (Lipinski definition) is 5. The number of hydrogen-bond donors (Lipinski definition) is 2. The van der Waals surface area contributed by atoms with Gasteiger partial charge in [-0.25, -0.2) is 10.4 Å². The van der Waals surface area contributed by atoms with E-state index in [0.29, 0.717) is 0 Å². The van der Waals surface area contributed by atoms with Gasteiger partial charge in [0.05, 0.1) is 19.4 Å². The first-order chi connectivity index (χ1) is 11.1. The number of fused-ring (bicyclic) bond motifs is 1. The van der Waals surface area contributed by atoms with E-state index >= 15 is 0 Å². The Kier molecular flexibility index (Phi) is 4.73. The first-order valence-electron chi connectivity index (χ1n) is 6.94. The van der Waals surface area contributed by atoms with Gasteiger partial charge in [0, 0.05) is 23.6 Å². The maximum atomic E-state index is 13.9. The van der Waals surface area contributed by atoms with Gasteiger partial charge in [0.25, 0.3) is 0 Å². The van der Waals surface area contributed by atoms with E-state index in [1.807, 2.05) is 5.43 Å². The summed E-state index contributed by atoms with van der Waals surface area (Å²) in [6.07, 6.45) is -3.56. The number of ketones is 1. The van der Waals surface area contributed by atoms with E-state index in [0.717, 1.165) is 5.01 Å². The number of methoxy groups -OCH3 is 1. The summed E-state index contributed by atoms with van der Waals surface area (Å²) in [5, 5.41) is 10.2. The van der Waals surface area contributed by atoms with E-state index in [4.69, 9.17) is 4.74 Å². The molecule has 0 aromatic rings. The van der Waals surface area contributed by atoms with Gasteiger partial charge >= 0.3 is 12.1 Å². The fourth-order valence-electron chi connectivity index (χ4n) is 2.53. The lowest BCUT2D eigenvalue weighted by Crippen LogP contribution is -2.55. The van der Waals surface area contributed by atoms with Crippen LogP contribution < -0.4 is 5.43 Å². The molecule has 0 radical (unpaired) electrons. The van der Waals surface area contributed by atoms with Gasteiger partial charge in [-0.2, -0.15) is 22.0 Å². The second-order valence-corrected chi connectivity index (χ2v) is 5.12. The number of hydrazine groups is 1. The predicted molar refractivity (Wildman–Crippen MR) is 72.3 cm³/mol. The summed E-state index contributed by atoms with van der Waals surface area (Å²) >= 11 is 0.